The van der Waals surface area contributed by atoms with Crippen molar-refractivity contribution in [2.75, 3.05) is 13.1 Å². The number of nitrogens with one attached hydrogen (secondary N) is 2. The van der Waals surface area contributed by atoms with Gasteiger partial charge in [0.1, 0.15) is 5.82 Å². The van der Waals surface area contributed by atoms with E-state index in [2.05, 4.69) is 54.2 Å². The van der Waals surface area contributed by atoms with Crippen LogP contribution in [0, 0.1) is 5.92 Å². The van der Waals surface area contributed by atoms with E-state index >= 15 is 0 Å². The number of carbonyl (C=O) groups excluding carboxylic acids is 1. The second-order valence-electron chi connectivity index (χ2n) is 7.36. The van der Waals surface area contributed by atoms with Crippen LogP contribution in [-0.2, 0) is 13.0 Å². The predicted octanol–water partition coefficient (Wildman–Crippen LogP) is 1.40. The second kappa shape index (κ2) is 8.44. The van der Waals surface area contributed by atoms with Crippen LogP contribution in [-0.4, -0.2) is 48.7 Å². The molecule has 0 saturated carbocycles. The predicted molar refractivity (Wildman–Crippen MR) is 107 cm³/mol. The van der Waals surface area contributed by atoms with Gasteiger partial charge in [0.05, 0.1) is 11.6 Å². The fourth-order valence-electron chi connectivity index (χ4n) is 3.37. The van der Waals surface area contributed by atoms with E-state index in [1.165, 1.54) is 12.4 Å². The molecule has 3 aromatic heterocycles. The molecule has 4 rings (SSSR count). The number of aromatic nitrogens is 6. The van der Waals surface area contributed by atoms with Crippen LogP contribution in [0.3, 0.4) is 0 Å². The molecule has 0 radical (unpaired) electrons. The zero-order valence-electron chi connectivity index (χ0n) is 16.5. The van der Waals surface area contributed by atoms with Crippen molar-refractivity contribution in [2.45, 2.75) is 32.9 Å². The minimum absolute atomic E-state index is 0.152. The number of rotatable bonds is 5. The number of amides is 1. The molecular formula is C20H24N8O. The van der Waals surface area contributed by atoms with Crippen LogP contribution in [0.1, 0.15) is 41.9 Å². The molecule has 0 bridgehead atoms. The molecule has 150 valence electrons. The molecule has 3 aromatic rings. The standard InChI is InChI=1S/C20H24N8O/c1-13(2)17(19-27-26-16-5-7-21-8-9-28(16)19)25-20(29)15-11-23-18(24-12-15)14-4-3-6-22-10-14/h3-4,6,10-13,17,21H,5,7-9H2,1-2H3,(H,25,29)/t17-/m0/s1. The maximum absolute atomic E-state index is 12.9. The first-order chi connectivity index (χ1) is 14.1. The molecule has 2 N–H and O–H groups in total. The molecule has 1 aliphatic heterocycles. The molecule has 0 unspecified atom stereocenters. The molecule has 9 nitrogen and oxygen atoms in total. The van der Waals surface area contributed by atoms with E-state index in [4.69, 9.17) is 0 Å². The molecule has 9 heteroatoms. The summed E-state index contributed by atoms with van der Waals surface area (Å²) in [5, 5.41) is 15.2. The lowest BCUT2D eigenvalue weighted by atomic mass is 10.0. The van der Waals surface area contributed by atoms with E-state index in [0.29, 0.717) is 11.4 Å². The zero-order valence-corrected chi connectivity index (χ0v) is 16.5. The molecule has 0 saturated heterocycles. The average Bonchev–Trinajstić information content (AvgIpc) is 2.99. The van der Waals surface area contributed by atoms with E-state index in [1.807, 2.05) is 12.1 Å². The van der Waals surface area contributed by atoms with Crippen LogP contribution in [0.2, 0.25) is 0 Å². The topological polar surface area (TPSA) is 111 Å². The van der Waals surface area contributed by atoms with E-state index in [1.54, 1.807) is 12.4 Å². The van der Waals surface area contributed by atoms with E-state index in [0.717, 1.165) is 43.3 Å². The minimum atomic E-state index is -0.250. The molecule has 0 aliphatic carbocycles. The molecule has 1 amide bonds. The number of nitrogens with zero attached hydrogens (tertiary/aromatic N) is 6. The Hall–Kier alpha value is -3.20. The molecular weight excluding hydrogens is 368 g/mol. The van der Waals surface area contributed by atoms with E-state index < -0.39 is 0 Å². The summed E-state index contributed by atoms with van der Waals surface area (Å²) in [5.41, 5.74) is 1.21. The lowest BCUT2D eigenvalue weighted by molar-refractivity contribution is 0.0921. The van der Waals surface area contributed by atoms with Crippen molar-refractivity contribution in [3.63, 3.8) is 0 Å². The van der Waals surface area contributed by atoms with Gasteiger partial charge < -0.3 is 15.2 Å². The monoisotopic (exact) mass is 392 g/mol. The van der Waals surface area contributed by atoms with Gasteiger partial charge in [0, 0.05) is 56.4 Å². The van der Waals surface area contributed by atoms with Crippen molar-refractivity contribution < 1.29 is 4.79 Å². The molecule has 0 fully saturated rings. The Balaban J connectivity index is 1.53. The van der Waals surface area contributed by atoms with Gasteiger partial charge >= 0.3 is 0 Å². The van der Waals surface area contributed by atoms with Crippen LogP contribution < -0.4 is 10.6 Å². The Labute approximate surface area is 169 Å². The molecule has 0 aromatic carbocycles. The normalized spacial score (nSPS) is 14.9. The first kappa shape index (κ1) is 19.1. The lowest BCUT2D eigenvalue weighted by Crippen LogP contribution is -2.34. The number of pyridine rings is 1. The Morgan fingerprint density at radius 3 is 2.72 bits per heavy atom. The van der Waals surface area contributed by atoms with Gasteiger partial charge in [-0.1, -0.05) is 13.8 Å². The van der Waals surface area contributed by atoms with Gasteiger partial charge in [-0.15, -0.1) is 10.2 Å². The first-order valence-corrected chi connectivity index (χ1v) is 9.79. The number of fused-ring (bicyclic) bond motifs is 1. The van der Waals surface area contributed by atoms with Crippen LogP contribution in [0.15, 0.2) is 36.9 Å². The van der Waals surface area contributed by atoms with E-state index in [-0.39, 0.29) is 17.9 Å². The fourth-order valence-corrected chi connectivity index (χ4v) is 3.37. The summed E-state index contributed by atoms with van der Waals surface area (Å²) >= 11 is 0. The second-order valence-corrected chi connectivity index (χ2v) is 7.36. The smallest absolute Gasteiger partial charge is 0.255 e. The minimum Gasteiger partial charge on any atom is -0.342 e. The highest BCUT2D eigenvalue weighted by Gasteiger charge is 2.27. The number of carbonyl (C=O) groups is 1. The van der Waals surface area contributed by atoms with Gasteiger partial charge in [-0.25, -0.2) is 9.97 Å². The summed E-state index contributed by atoms with van der Waals surface area (Å²) < 4.78 is 2.12. The Morgan fingerprint density at radius 2 is 2.00 bits per heavy atom. The number of hydrogen-bond acceptors (Lipinski definition) is 7. The van der Waals surface area contributed by atoms with Crippen molar-refractivity contribution >= 4 is 5.91 Å². The maximum Gasteiger partial charge on any atom is 0.255 e. The lowest BCUT2D eigenvalue weighted by Gasteiger charge is -2.22. The highest BCUT2D eigenvalue weighted by molar-refractivity contribution is 5.94. The third kappa shape index (κ3) is 4.14. The maximum atomic E-state index is 12.9. The molecule has 1 atom stereocenters. The summed E-state index contributed by atoms with van der Waals surface area (Å²) in [6.45, 7) is 6.66. The van der Waals surface area contributed by atoms with Gasteiger partial charge in [-0.05, 0) is 18.1 Å². The van der Waals surface area contributed by atoms with Crippen LogP contribution in [0.25, 0.3) is 11.4 Å². The van der Waals surface area contributed by atoms with Crippen LogP contribution in [0.5, 0.6) is 0 Å². The third-order valence-electron chi connectivity index (χ3n) is 4.96. The first-order valence-electron chi connectivity index (χ1n) is 9.79. The van der Waals surface area contributed by atoms with Crippen LogP contribution in [0.4, 0.5) is 0 Å². The summed E-state index contributed by atoms with van der Waals surface area (Å²) in [4.78, 5) is 25.6. The highest BCUT2D eigenvalue weighted by atomic mass is 16.1. The third-order valence-corrected chi connectivity index (χ3v) is 4.96. The van der Waals surface area contributed by atoms with Gasteiger partial charge in [-0.2, -0.15) is 0 Å². The zero-order chi connectivity index (χ0) is 20.2. The van der Waals surface area contributed by atoms with Crippen molar-refractivity contribution in [2.24, 2.45) is 5.92 Å². The Bertz CT molecular complexity index is 968. The fraction of sp³-hybridized carbons (Fsp3) is 0.400. The quantitative estimate of drug-likeness (QED) is 0.675. The molecule has 0 spiro atoms. The van der Waals surface area contributed by atoms with Crippen molar-refractivity contribution in [3.05, 3.63) is 54.1 Å². The summed E-state index contributed by atoms with van der Waals surface area (Å²) in [5.74, 6) is 2.20. The summed E-state index contributed by atoms with van der Waals surface area (Å²) in [7, 11) is 0. The number of hydrogen-bond donors (Lipinski definition) is 2. The Morgan fingerprint density at radius 1 is 1.17 bits per heavy atom. The van der Waals surface area contributed by atoms with Crippen molar-refractivity contribution in [1.82, 2.24) is 40.3 Å². The van der Waals surface area contributed by atoms with Gasteiger partial charge in [0.15, 0.2) is 11.6 Å². The molecule has 1 aliphatic rings. The van der Waals surface area contributed by atoms with Crippen molar-refractivity contribution in [1.29, 1.82) is 0 Å². The summed E-state index contributed by atoms with van der Waals surface area (Å²) in [6.07, 6.45) is 7.29. The highest BCUT2D eigenvalue weighted by Crippen LogP contribution is 2.22. The van der Waals surface area contributed by atoms with Crippen LogP contribution >= 0.6 is 0 Å². The summed E-state index contributed by atoms with van der Waals surface area (Å²) in [6, 6.07) is 3.45. The largest absolute Gasteiger partial charge is 0.342 e. The SMILES string of the molecule is CC(C)[C@H](NC(=O)c1cnc(-c2cccnc2)nc1)c1nnc2n1CCNCC2. The Kier molecular flexibility index (Phi) is 5.57. The van der Waals surface area contributed by atoms with Gasteiger partial charge in [0.25, 0.3) is 5.91 Å². The van der Waals surface area contributed by atoms with Gasteiger partial charge in [-0.3, -0.25) is 9.78 Å². The van der Waals surface area contributed by atoms with Crippen molar-refractivity contribution in [3.8, 4) is 11.4 Å². The van der Waals surface area contributed by atoms with Gasteiger partial charge in [0.2, 0.25) is 0 Å². The van der Waals surface area contributed by atoms with E-state index in [9.17, 15) is 4.79 Å². The average molecular weight is 392 g/mol. The molecule has 29 heavy (non-hydrogen) atoms. The molecule has 4 heterocycles.